The third-order valence-electron chi connectivity index (χ3n) is 19.4. The van der Waals surface area contributed by atoms with Gasteiger partial charge in [0.25, 0.3) is 0 Å². The number of rotatable bonds is 10. The lowest BCUT2D eigenvalue weighted by atomic mass is 9.33. The van der Waals surface area contributed by atoms with Crippen molar-refractivity contribution in [3.63, 3.8) is 0 Å². The van der Waals surface area contributed by atoms with Gasteiger partial charge < -0.3 is 94.8 Å². The van der Waals surface area contributed by atoms with Crippen LogP contribution >= 0.6 is 0 Å². The van der Waals surface area contributed by atoms with Crippen molar-refractivity contribution in [3.05, 3.63) is 11.6 Å². The Labute approximate surface area is 396 Å². The second-order valence-corrected chi connectivity index (χ2v) is 23.5. The lowest BCUT2D eigenvalue weighted by Gasteiger charge is -2.72. The van der Waals surface area contributed by atoms with E-state index in [0.29, 0.717) is 51.4 Å². The third-order valence-corrected chi connectivity index (χ3v) is 19.4. The average Bonchev–Trinajstić information content (AvgIpc) is 3.29. The number of ether oxygens (including phenoxy) is 6. The summed E-state index contributed by atoms with van der Waals surface area (Å²) in [5.41, 5.74) is -2.39. The zero-order valence-corrected chi connectivity index (χ0v) is 40.0. The van der Waals surface area contributed by atoms with Gasteiger partial charge in [0, 0.05) is 5.41 Å². The molecule has 3 heterocycles. The van der Waals surface area contributed by atoms with Gasteiger partial charge >= 0.3 is 5.97 Å². The number of esters is 1. The predicted molar refractivity (Wildman–Crippen MR) is 233 cm³/mol. The monoisotopic (exact) mass is 975 g/mol. The third kappa shape index (κ3) is 8.16. The molecule has 25 unspecified atom stereocenters. The molecule has 0 radical (unpaired) electrons. The highest BCUT2D eigenvalue weighted by Crippen LogP contribution is 2.76. The Hall–Kier alpha value is -1.51. The van der Waals surface area contributed by atoms with E-state index < -0.39 is 152 Å². The number of carbonyl (C=O) groups is 1. The van der Waals surface area contributed by atoms with Crippen molar-refractivity contribution in [1.82, 2.24) is 0 Å². The number of carbonyl (C=O) groups excluding carboxylic acids is 1. The lowest BCUT2D eigenvalue weighted by Crippen LogP contribution is -2.69. The topological polar surface area (TPSA) is 335 Å². The summed E-state index contributed by atoms with van der Waals surface area (Å²) < 4.78 is 35.0. The van der Waals surface area contributed by atoms with Crippen molar-refractivity contribution in [1.29, 1.82) is 0 Å². The highest BCUT2D eigenvalue weighted by atomic mass is 16.7. The van der Waals surface area contributed by atoms with E-state index >= 15 is 0 Å². The van der Waals surface area contributed by atoms with Crippen LogP contribution in [-0.2, 0) is 33.2 Å². The van der Waals surface area contributed by atoms with Crippen LogP contribution in [0.2, 0.25) is 0 Å². The number of aliphatic hydroxyl groups excluding tert-OH is 13. The molecule has 0 bridgehead atoms. The second-order valence-electron chi connectivity index (χ2n) is 23.5. The van der Waals surface area contributed by atoms with Gasteiger partial charge in [0.1, 0.15) is 73.2 Å². The first-order chi connectivity index (χ1) is 31.8. The molecule has 3 saturated heterocycles. The molecular weight excluding hydrogens is 897 g/mol. The van der Waals surface area contributed by atoms with Crippen molar-refractivity contribution < 1.29 is 99.6 Å². The first-order valence-electron chi connectivity index (χ1n) is 24.6. The van der Waals surface area contributed by atoms with E-state index in [1.54, 1.807) is 0 Å². The molecule has 390 valence electrons. The molecule has 8 aliphatic rings. The van der Waals surface area contributed by atoms with E-state index in [4.69, 9.17) is 28.4 Å². The quantitative estimate of drug-likeness (QED) is 0.0645. The van der Waals surface area contributed by atoms with E-state index in [9.17, 15) is 71.2 Å². The number of hydrogen-bond donors (Lipinski definition) is 13. The zero-order chi connectivity index (χ0) is 49.8. The Morgan fingerprint density at radius 2 is 1.18 bits per heavy atom. The average molecular weight is 975 g/mol. The fraction of sp³-hybridized carbons (Fsp3) is 0.938. The van der Waals surface area contributed by atoms with Gasteiger partial charge in [-0.3, -0.25) is 4.79 Å². The van der Waals surface area contributed by atoms with Gasteiger partial charge in [0.05, 0.1) is 44.1 Å². The van der Waals surface area contributed by atoms with Crippen molar-refractivity contribution in [2.24, 2.45) is 50.2 Å². The Morgan fingerprint density at radius 3 is 1.78 bits per heavy atom. The van der Waals surface area contributed by atoms with E-state index in [-0.39, 0.29) is 35.2 Å². The van der Waals surface area contributed by atoms with Gasteiger partial charge in [-0.25, -0.2) is 0 Å². The standard InChI is InChI=1S/C48H78O20/c1-43(2)11-13-48(42(62)68-41-37(61)34(58)31(55)26(66-41)19-63-39-35(59)32(56)29(53)24(17-49)64-39)14-12-46(5)21(22(48)15-43)7-8-28-44(3)16-23(52)38(45(4,20-51)27(44)9-10-47(28,46)6)67-40-36(60)33(57)30(54)25(18-50)65-40/h7,22-41,49-61H,8-20H2,1-6H3. The number of fused-ring (bicyclic) bond motifs is 7. The largest absolute Gasteiger partial charge is 0.432 e. The maximum atomic E-state index is 15.0. The minimum Gasteiger partial charge on any atom is -0.432 e. The van der Waals surface area contributed by atoms with Crippen molar-refractivity contribution >= 4 is 5.97 Å². The van der Waals surface area contributed by atoms with Gasteiger partial charge in [-0.05, 0) is 97.2 Å². The maximum Gasteiger partial charge on any atom is 0.315 e. The van der Waals surface area contributed by atoms with Gasteiger partial charge in [-0.15, -0.1) is 0 Å². The normalized spacial score (nSPS) is 54.6. The summed E-state index contributed by atoms with van der Waals surface area (Å²) in [6, 6.07) is 0. The summed E-state index contributed by atoms with van der Waals surface area (Å²) >= 11 is 0. The van der Waals surface area contributed by atoms with Crippen LogP contribution < -0.4 is 0 Å². The van der Waals surface area contributed by atoms with Crippen LogP contribution in [0, 0.1) is 50.2 Å². The van der Waals surface area contributed by atoms with E-state index in [1.807, 2.05) is 6.92 Å². The molecule has 0 amide bonds. The molecular formula is C48H78O20. The lowest BCUT2D eigenvalue weighted by molar-refractivity contribution is -0.345. The SMILES string of the molecule is CC1(C)CCC2(C(=O)OC3OC(COC4OC(CO)C(O)C(O)C4O)C(O)C(O)C3O)CCC3(C)C(=CCC4C5(C)CC(O)C(OC6OC(CO)C(O)C(O)C6O)C(C)(CO)C5CCC43C)C2C1. The summed E-state index contributed by atoms with van der Waals surface area (Å²) in [5, 5.41) is 139. The molecule has 4 saturated carbocycles. The molecule has 20 nitrogen and oxygen atoms in total. The summed E-state index contributed by atoms with van der Waals surface area (Å²) in [7, 11) is 0. The zero-order valence-electron chi connectivity index (χ0n) is 40.0. The molecule has 0 aromatic carbocycles. The molecule has 25 atom stereocenters. The van der Waals surface area contributed by atoms with E-state index in [0.717, 1.165) is 12.0 Å². The van der Waals surface area contributed by atoms with E-state index in [1.165, 1.54) is 0 Å². The van der Waals surface area contributed by atoms with Gasteiger partial charge in [0.15, 0.2) is 12.6 Å². The second kappa shape index (κ2) is 18.8. The van der Waals surface area contributed by atoms with Crippen LogP contribution in [0.4, 0.5) is 0 Å². The molecule has 68 heavy (non-hydrogen) atoms. The molecule has 0 aromatic heterocycles. The number of allylic oxidation sites excluding steroid dienone is 2. The summed E-state index contributed by atoms with van der Waals surface area (Å²) in [6.07, 6.45) is -18.9. The van der Waals surface area contributed by atoms with Crippen LogP contribution in [0.3, 0.4) is 0 Å². The summed E-state index contributed by atoms with van der Waals surface area (Å²) in [4.78, 5) is 15.0. The Morgan fingerprint density at radius 1 is 0.632 bits per heavy atom. The molecule has 0 spiro atoms. The summed E-state index contributed by atoms with van der Waals surface area (Å²) in [6.45, 7) is 10.7. The molecule has 3 aliphatic heterocycles. The smallest absolute Gasteiger partial charge is 0.315 e. The van der Waals surface area contributed by atoms with Crippen molar-refractivity contribution in [3.8, 4) is 0 Å². The van der Waals surface area contributed by atoms with Crippen LogP contribution in [0.1, 0.15) is 99.3 Å². The minimum atomic E-state index is -1.84. The molecule has 20 heteroatoms. The molecule has 0 aromatic rings. The van der Waals surface area contributed by atoms with Crippen LogP contribution in [-0.4, -0.2) is 203 Å². The van der Waals surface area contributed by atoms with E-state index in [2.05, 4.69) is 40.7 Å². The van der Waals surface area contributed by atoms with Crippen LogP contribution in [0.5, 0.6) is 0 Å². The van der Waals surface area contributed by atoms with Crippen LogP contribution in [0.15, 0.2) is 11.6 Å². The Kier molecular flexibility index (Phi) is 14.6. The molecule has 5 aliphatic carbocycles. The highest BCUT2D eigenvalue weighted by Gasteiger charge is 2.71. The number of aliphatic hydroxyl groups is 13. The number of hydrogen-bond acceptors (Lipinski definition) is 20. The Balaban J connectivity index is 1.03. The summed E-state index contributed by atoms with van der Waals surface area (Å²) in [5.74, 6) is -1.06. The maximum absolute atomic E-state index is 15.0. The van der Waals surface area contributed by atoms with Crippen molar-refractivity contribution in [2.45, 2.75) is 204 Å². The fourth-order valence-electron chi connectivity index (χ4n) is 15.1. The van der Waals surface area contributed by atoms with Gasteiger partial charge in [0.2, 0.25) is 6.29 Å². The van der Waals surface area contributed by atoms with Gasteiger partial charge in [-0.1, -0.05) is 53.2 Å². The van der Waals surface area contributed by atoms with Gasteiger partial charge in [-0.2, -0.15) is 0 Å². The predicted octanol–water partition coefficient (Wildman–Crippen LogP) is -1.92. The highest BCUT2D eigenvalue weighted by molar-refractivity contribution is 5.79. The van der Waals surface area contributed by atoms with Crippen LogP contribution in [0.25, 0.3) is 0 Å². The Bertz CT molecular complexity index is 1850. The fourth-order valence-corrected chi connectivity index (χ4v) is 15.1. The van der Waals surface area contributed by atoms with Crippen molar-refractivity contribution in [2.75, 3.05) is 26.4 Å². The molecule has 8 rings (SSSR count). The minimum absolute atomic E-state index is 0.00752. The first-order valence-corrected chi connectivity index (χ1v) is 24.6. The molecule has 7 fully saturated rings. The molecule has 13 N–H and O–H groups in total. The first kappa shape index (κ1) is 52.8.